The predicted octanol–water partition coefficient (Wildman–Crippen LogP) is 3.29. The monoisotopic (exact) mass is 370 g/mol. The molecule has 1 aliphatic heterocycles. The molecule has 1 saturated heterocycles. The summed E-state index contributed by atoms with van der Waals surface area (Å²) in [5, 5.41) is 8.01. The quantitative estimate of drug-likeness (QED) is 0.553. The number of hydrogen-bond donors (Lipinski definition) is 0. The van der Waals surface area contributed by atoms with E-state index in [2.05, 4.69) is 26.2 Å². The number of hydrogen-bond acceptors (Lipinski definition) is 5. The fourth-order valence-electron chi connectivity index (χ4n) is 3.65. The van der Waals surface area contributed by atoms with E-state index in [1.165, 1.54) is 0 Å². The van der Waals surface area contributed by atoms with Gasteiger partial charge in [0, 0.05) is 47.9 Å². The second-order valence-electron chi connectivity index (χ2n) is 6.94. The van der Waals surface area contributed by atoms with Crippen LogP contribution >= 0.6 is 0 Å². The molecule has 0 radical (unpaired) electrons. The molecule has 0 bridgehead atoms. The minimum Gasteiger partial charge on any atom is -0.312 e. The van der Waals surface area contributed by atoms with Gasteiger partial charge in [-0.15, -0.1) is 10.2 Å². The fourth-order valence-corrected chi connectivity index (χ4v) is 3.65. The SMILES string of the molecule is Cc1cc(-c2cncc(-c3ccc(N4CCCC4=O)cc3)c2)n2cnnc2n1. The lowest BCUT2D eigenvalue weighted by Gasteiger charge is -2.16. The van der Waals surface area contributed by atoms with Gasteiger partial charge in [0.05, 0.1) is 5.69 Å². The van der Waals surface area contributed by atoms with Crippen molar-refractivity contribution in [2.24, 2.45) is 0 Å². The highest BCUT2D eigenvalue weighted by molar-refractivity contribution is 5.95. The second kappa shape index (κ2) is 6.53. The van der Waals surface area contributed by atoms with E-state index in [9.17, 15) is 4.79 Å². The summed E-state index contributed by atoms with van der Waals surface area (Å²) in [6.45, 7) is 2.74. The Bertz CT molecular complexity index is 1180. The van der Waals surface area contributed by atoms with Crippen LogP contribution < -0.4 is 4.90 Å². The summed E-state index contributed by atoms with van der Waals surface area (Å²) < 4.78 is 1.86. The number of aromatic nitrogens is 5. The van der Waals surface area contributed by atoms with Gasteiger partial charge >= 0.3 is 0 Å². The van der Waals surface area contributed by atoms with Gasteiger partial charge in [-0.2, -0.15) is 0 Å². The smallest absolute Gasteiger partial charge is 0.255 e. The first-order valence-electron chi connectivity index (χ1n) is 9.23. The van der Waals surface area contributed by atoms with E-state index < -0.39 is 0 Å². The molecule has 3 aromatic heterocycles. The van der Waals surface area contributed by atoms with E-state index in [0.29, 0.717) is 12.2 Å². The zero-order valence-electron chi connectivity index (χ0n) is 15.4. The Morgan fingerprint density at radius 1 is 1.00 bits per heavy atom. The lowest BCUT2D eigenvalue weighted by atomic mass is 10.0. The molecular formula is C21H18N6O. The maximum Gasteiger partial charge on any atom is 0.255 e. The van der Waals surface area contributed by atoms with Crippen LogP contribution in [0, 0.1) is 6.92 Å². The molecule has 1 fully saturated rings. The highest BCUT2D eigenvalue weighted by Gasteiger charge is 2.21. The Balaban J connectivity index is 1.52. The first-order chi connectivity index (χ1) is 13.7. The molecule has 5 rings (SSSR count). The Hall–Kier alpha value is -3.61. The Morgan fingerprint density at radius 2 is 1.82 bits per heavy atom. The molecule has 7 nitrogen and oxygen atoms in total. The number of amides is 1. The summed E-state index contributed by atoms with van der Waals surface area (Å²) in [6, 6.07) is 12.2. The number of carbonyl (C=O) groups is 1. The van der Waals surface area contributed by atoms with Crippen LogP contribution in [0.15, 0.2) is 55.1 Å². The van der Waals surface area contributed by atoms with Crippen molar-refractivity contribution < 1.29 is 4.79 Å². The molecule has 1 amide bonds. The van der Waals surface area contributed by atoms with Crippen LogP contribution in [0.2, 0.25) is 0 Å². The molecule has 0 unspecified atom stereocenters. The molecule has 4 heterocycles. The molecular weight excluding hydrogens is 352 g/mol. The summed E-state index contributed by atoms with van der Waals surface area (Å²) in [5.74, 6) is 0.766. The second-order valence-corrected chi connectivity index (χ2v) is 6.94. The lowest BCUT2D eigenvalue weighted by molar-refractivity contribution is -0.117. The summed E-state index contributed by atoms with van der Waals surface area (Å²) in [5.41, 5.74) is 5.79. The van der Waals surface area contributed by atoms with Crippen LogP contribution in [-0.2, 0) is 4.79 Å². The Kier molecular flexibility index (Phi) is 3.86. The van der Waals surface area contributed by atoms with Crippen molar-refractivity contribution in [3.8, 4) is 22.4 Å². The van der Waals surface area contributed by atoms with Crippen LogP contribution in [0.1, 0.15) is 18.5 Å². The number of benzene rings is 1. The Labute approximate surface area is 161 Å². The van der Waals surface area contributed by atoms with Crippen molar-refractivity contribution >= 4 is 17.4 Å². The average molecular weight is 370 g/mol. The average Bonchev–Trinajstić information content (AvgIpc) is 3.36. The predicted molar refractivity (Wildman–Crippen MR) is 106 cm³/mol. The number of rotatable bonds is 3. The van der Waals surface area contributed by atoms with Crippen molar-refractivity contribution in [2.45, 2.75) is 19.8 Å². The van der Waals surface area contributed by atoms with Crippen LogP contribution in [0.3, 0.4) is 0 Å². The van der Waals surface area contributed by atoms with Gasteiger partial charge in [0.15, 0.2) is 0 Å². The molecule has 28 heavy (non-hydrogen) atoms. The van der Waals surface area contributed by atoms with Gasteiger partial charge in [-0.05, 0) is 43.2 Å². The van der Waals surface area contributed by atoms with Crippen molar-refractivity contribution in [3.63, 3.8) is 0 Å². The number of carbonyl (C=O) groups excluding carboxylic acids is 1. The van der Waals surface area contributed by atoms with Gasteiger partial charge in [-0.1, -0.05) is 12.1 Å². The van der Waals surface area contributed by atoms with Crippen LogP contribution in [0.5, 0.6) is 0 Å². The van der Waals surface area contributed by atoms with E-state index in [-0.39, 0.29) is 5.91 Å². The number of fused-ring (bicyclic) bond motifs is 1. The highest BCUT2D eigenvalue weighted by atomic mass is 16.2. The number of anilines is 1. The van der Waals surface area contributed by atoms with Crippen LogP contribution in [0.25, 0.3) is 28.2 Å². The largest absolute Gasteiger partial charge is 0.312 e. The van der Waals surface area contributed by atoms with Gasteiger partial charge in [-0.25, -0.2) is 4.98 Å². The molecule has 138 valence electrons. The van der Waals surface area contributed by atoms with Crippen molar-refractivity contribution in [1.82, 2.24) is 24.6 Å². The van der Waals surface area contributed by atoms with Gasteiger partial charge in [0.2, 0.25) is 5.91 Å². The first-order valence-corrected chi connectivity index (χ1v) is 9.23. The van der Waals surface area contributed by atoms with E-state index in [1.807, 2.05) is 58.9 Å². The summed E-state index contributed by atoms with van der Waals surface area (Å²) in [4.78, 5) is 22.6. The van der Waals surface area contributed by atoms with Crippen molar-refractivity contribution in [2.75, 3.05) is 11.4 Å². The molecule has 0 N–H and O–H groups in total. The molecule has 0 aliphatic carbocycles. The van der Waals surface area contributed by atoms with Gasteiger partial charge in [-0.3, -0.25) is 14.2 Å². The van der Waals surface area contributed by atoms with E-state index in [1.54, 1.807) is 6.33 Å². The van der Waals surface area contributed by atoms with Gasteiger partial charge < -0.3 is 4.90 Å². The first kappa shape index (κ1) is 16.6. The summed E-state index contributed by atoms with van der Waals surface area (Å²) in [7, 11) is 0. The van der Waals surface area contributed by atoms with Crippen molar-refractivity contribution in [1.29, 1.82) is 0 Å². The number of pyridine rings is 1. The topological polar surface area (TPSA) is 76.3 Å². The molecule has 0 spiro atoms. The standard InChI is InChI=1S/C21H18N6O/c1-14-9-19(27-13-23-25-21(27)24-14)17-10-16(11-22-12-17)15-4-6-18(7-5-15)26-8-2-3-20(26)28/h4-7,9-13H,2-3,8H2,1H3. The maximum atomic E-state index is 11.9. The molecule has 0 saturated carbocycles. The van der Waals surface area contributed by atoms with E-state index in [0.717, 1.165) is 46.7 Å². The van der Waals surface area contributed by atoms with Gasteiger partial charge in [0.1, 0.15) is 6.33 Å². The molecule has 1 aliphatic rings. The highest BCUT2D eigenvalue weighted by Crippen LogP contribution is 2.28. The fraction of sp³-hybridized carbons (Fsp3) is 0.190. The van der Waals surface area contributed by atoms with E-state index in [4.69, 9.17) is 0 Å². The molecule has 1 aromatic carbocycles. The molecule has 4 aromatic rings. The van der Waals surface area contributed by atoms with Crippen LogP contribution in [0.4, 0.5) is 5.69 Å². The lowest BCUT2D eigenvalue weighted by Crippen LogP contribution is -2.23. The summed E-state index contributed by atoms with van der Waals surface area (Å²) in [6.07, 6.45) is 6.89. The Morgan fingerprint density at radius 3 is 2.61 bits per heavy atom. The summed E-state index contributed by atoms with van der Waals surface area (Å²) >= 11 is 0. The zero-order valence-corrected chi connectivity index (χ0v) is 15.4. The number of nitrogens with zero attached hydrogens (tertiary/aromatic N) is 6. The van der Waals surface area contributed by atoms with E-state index >= 15 is 0 Å². The van der Waals surface area contributed by atoms with Crippen LogP contribution in [-0.4, -0.2) is 37.0 Å². The third-order valence-electron chi connectivity index (χ3n) is 5.03. The van der Waals surface area contributed by atoms with Gasteiger partial charge in [0.25, 0.3) is 5.78 Å². The number of aryl methyl sites for hydroxylation is 1. The minimum atomic E-state index is 0.197. The maximum absolute atomic E-state index is 11.9. The minimum absolute atomic E-state index is 0.197. The zero-order chi connectivity index (χ0) is 19.1. The molecule has 7 heteroatoms. The normalized spacial score (nSPS) is 14.2. The third kappa shape index (κ3) is 2.81. The van der Waals surface area contributed by atoms with Crippen molar-refractivity contribution in [3.05, 3.63) is 60.8 Å². The molecule has 0 atom stereocenters. The third-order valence-corrected chi connectivity index (χ3v) is 5.03.